The van der Waals surface area contributed by atoms with E-state index < -0.39 is 11.8 Å². The molecule has 1 spiro atoms. The van der Waals surface area contributed by atoms with Crippen LogP contribution in [0.4, 0.5) is 14.5 Å². The summed E-state index contributed by atoms with van der Waals surface area (Å²) < 4.78 is 45.5. The van der Waals surface area contributed by atoms with Crippen molar-refractivity contribution >= 4 is 11.7 Å². The molecule has 38 heavy (non-hydrogen) atoms. The average Bonchev–Trinajstić information content (AvgIpc) is 2.91. The lowest BCUT2D eigenvalue weighted by Crippen LogP contribution is -2.50. The SMILES string of the molecule is COC(=O)Cc1cc(F)ccc1OCc1cc(-c2cccc(CN)c2F)cc(N2CCC3(CC2)COC3)c1. The molecule has 0 bridgehead atoms. The molecule has 2 fully saturated rings. The summed E-state index contributed by atoms with van der Waals surface area (Å²) in [5.41, 5.74) is 9.93. The van der Waals surface area contributed by atoms with E-state index in [1.165, 1.54) is 25.3 Å². The number of benzene rings is 3. The number of halogens is 2. The first-order valence-electron chi connectivity index (χ1n) is 12.8. The highest BCUT2D eigenvalue weighted by Crippen LogP contribution is 2.40. The predicted molar refractivity (Wildman–Crippen MR) is 141 cm³/mol. The van der Waals surface area contributed by atoms with Crippen molar-refractivity contribution in [3.63, 3.8) is 0 Å². The molecule has 5 rings (SSSR count). The minimum atomic E-state index is -0.486. The van der Waals surface area contributed by atoms with Gasteiger partial charge in [-0.25, -0.2) is 8.78 Å². The predicted octanol–water partition coefficient (Wildman–Crippen LogP) is 5.00. The Morgan fingerprint density at radius 2 is 1.84 bits per heavy atom. The van der Waals surface area contributed by atoms with Crippen LogP contribution in [0.3, 0.4) is 0 Å². The molecule has 8 heteroatoms. The second kappa shape index (κ2) is 11.1. The maximum atomic E-state index is 15.3. The lowest BCUT2D eigenvalue weighted by molar-refractivity contribution is -0.139. The van der Waals surface area contributed by atoms with E-state index in [2.05, 4.69) is 4.90 Å². The normalized spacial score (nSPS) is 16.3. The van der Waals surface area contributed by atoms with E-state index in [0.29, 0.717) is 27.9 Å². The number of esters is 1. The Labute approximate surface area is 221 Å². The summed E-state index contributed by atoms with van der Waals surface area (Å²) in [5, 5.41) is 0. The number of nitrogens with two attached hydrogens (primary N) is 1. The number of hydrogen-bond donors (Lipinski definition) is 1. The van der Waals surface area contributed by atoms with E-state index in [0.717, 1.165) is 56.0 Å². The molecule has 0 atom stereocenters. The molecule has 0 saturated carbocycles. The molecule has 0 aliphatic carbocycles. The van der Waals surface area contributed by atoms with Crippen LogP contribution in [0, 0.1) is 17.0 Å². The number of carbonyl (C=O) groups is 1. The summed E-state index contributed by atoms with van der Waals surface area (Å²) in [6.07, 6.45) is 1.99. The van der Waals surface area contributed by atoms with Crippen LogP contribution in [0.2, 0.25) is 0 Å². The van der Waals surface area contributed by atoms with Crippen molar-refractivity contribution in [2.45, 2.75) is 32.4 Å². The number of methoxy groups -OCH3 is 1. The summed E-state index contributed by atoms with van der Waals surface area (Å²) in [7, 11) is 1.29. The van der Waals surface area contributed by atoms with Gasteiger partial charge in [-0.05, 0) is 60.4 Å². The fraction of sp³-hybridized carbons (Fsp3) is 0.367. The maximum Gasteiger partial charge on any atom is 0.310 e. The molecular weight excluding hydrogens is 490 g/mol. The largest absolute Gasteiger partial charge is 0.489 e. The molecular formula is C30H32F2N2O4. The summed E-state index contributed by atoms with van der Waals surface area (Å²) in [6, 6.07) is 15.3. The molecule has 0 radical (unpaired) electrons. The van der Waals surface area contributed by atoms with E-state index in [-0.39, 0.29) is 25.4 Å². The van der Waals surface area contributed by atoms with Gasteiger partial charge in [0.1, 0.15) is 24.0 Å². The van der Waals surface area contributed by atoms with Gasteiger partial charge in [-0.2, -0.15) is 0 Å². The standard InChI is InChI=1S/C30H32F2N2O4/c1-36-28(35)15-23-13-24(31)5-6-27(23)38-17-20-11-22(26-4-2-3-21(16-33)29(26)32)14-25(12-20)34-9-7-30(8-10-34)18-37-19-30/h2-6,11-14H,7-10,15-19,33H2,1H3. The summed E-state index contributed by atoms with van der Waals surface area (Å²) >= 11 is 0. The van der Waals surface area contributed by atoms with Crippen molar-refractivity contribution in [2.24, 2.45) is 11.1 Å². The third kappa shape index (κ3) is 5.51. The minimum absolute atomic E-state index is 0.106. The van der Waals surface area contributed by atoms with Crippen molar-refractivity contribution in [1.82, 2.24) is 0 Å². The highest BCUT2D eigenvalue weighted by molar-refractivity contribution is 5.73. The van der Waals surface area contributed by atoms with Crippen molar-refractivity contribution in [1.29, 1.82) is 0 Å². The highest BCUT2D eigenvalue weighted by atomic mass is 19.1. The van der Waals surface area contributed by atoms with E-state index in [1.54, 1.807) is 12.1 Å². The Bertz CT molecular complexity index is 1320. The van der Waals surface area contributed by atoms with Crippen LogP contribution in [0.5, 0.6) is 5.75 Å². The van der Waals surface area contributed by atoms with Gasteiger partial charge in [-0.3, -0.25) is 4.79 Å². The lowest BCUT2D eigenvalue weighted by Gasteiger charge is -2.48. The highest BCUT2D eigenvalue weighted by Gasteiger charge is 2.41. The Morgan fingerprint density at radius 3 is 2.53 bits per heavy atom. The number of ether oxygens (including phenoxy) is 3. The van der Waals surface area contributed by atoms with Crippen LogP contribution in [0.1, 0.15) is 29.5 Å². The smallest absolute Gasteiger partial charge is 0.310 e. The third-order valence-electron chi connectivity index (χ3n) is 7.57. The Kier molecular flexibility index (Phi) is 7.63. The molecule has 0 unspecified atom stereocenters. The Balaban J connectivity index is 1.45. The molecule has 2 aliphatic rings. The third-order valence-corrected chi connectivity index (χ3v) is 7.57. The topological polar surface area (TPSA) is 74.0 Å². The van der Waals surface area contributed by atoms with Crippen LogP contribution in [0.25, 0.3) is 11.1 Å². The summed E-state index contributed by atoms with van der Waals surface area (Å²) in [5.74, 6) is -0.887. The lowest BCUT2D eigenvalue weighted by atomic mass is 9.76. The molecule has 0 amide bonds. The van der Waals surface area contributed by atoms with Gasteiger partial charge in [-0.15, -0.1) is 0 Å². The second-order valence-electron chi connectivity index (χ2n) is 10.1. The van der Waals surface area contributed by atoms with E-state index in [4.69, 9.17) is 19.9 Å². The fourth-order valence-electron chi connectivity index (χ4n) is 5.19. The van der Waals surface area contributed by atoms with Crippen LogP contribution in [-0.4, -0.2) is 39.4 Å². The number of nitrogens with zero attached hydrogens (tertiary/aromatic N) is 1. The van der Waals surface area contributed by atoms with Crippen LogP contribution >= 0.6 is 0 Å². The van der Waals surface area contributed by atoms with E-state index in [9.17, 15) is 9.18 Å². The van der Waals surface area contributed by atoms with Gasteiger partial charge >= 0.3 is 5.97 Å². The van der Waals surface area contributed by atoms with E-state index in [1.807, 2.05) is 24.3 Å². The summed E-state index contributed by atoms with van der Waals surface area (Å²) in [4.78, 5) is 14.2. The number of hydrogen-bond acceptors (Lipinski definition) is 6. The van der Waals surface area contributed by atoms with E-state index >= 15 is 4.39 Å². The molecule has 0 aromatic heterocycles. The Hall–Kier alpha value is -3.49. The Morgan fingerprint density at radius 1 is 1.05 bits per heavy atom. The zero-order chi connectivity index (χ0) is 26.7. The number of piperidine rings is 1. The zero-order valence-corrected chi connectivity index (χ0v) is 21.5. The fourth-order valence-corrected chi connectivity index (χ4v) is 5.19. The first-order chi connectivity index (χ1) is 18.4. The second-order valence-corrected chi connectivity index (χ2v) is 10.1. The zero-order valence-electron chi connectivity index (χ0n) is 21.5. The van der Waals surface area contributed by atoms with Gasteiger partial charge in [0, 0.05) is 47.4 Å². The molecule has 2 saturated heterocycles. The first kappa shape index (κ1) is 26.1. The maximum absolute atomic E-state index is 15.3. The van der Waals surface area contributed by atoms with Crippen LogP contribution < -0.4 is 15.4 Å². The molecule has 2 heterocycles. The van der Waals surface area contributed by atoms with Gasteiger partial charge < -0.3 is 24.8 Å². The van der Waals surface area contributed by atoms with Crippen molar-refractivity contribution < 1.29 is 27.8 Å². The van der Waals surface area contributed by atoms with Gasteiger partial charge in [-0.1, -0.05) is 18.2 Å². The molecule has 3 aromatic rings. The van der Waals surface area contributed by atoms with Crippen LogP contribution in [-0.2, 0) is 33.8 Å². The molecule has 2 N–H and O–H groups in total. The van der Waals surface area contributed by atoms with Gasteiger partial charge in [0.25, 0.3) is 0 Å². The van der Waals surface area contributed by atoms with Gasteiger partial charge in [0.15, 0.2) is 0 Å². The van der Waals surface area contributed by atoms with Gasteiger partial charge in [0.05, 0.1) is 26.7 Å². The molecule has 200 valence electrons. The quantitative estimate of drug-likeness (QED) is 0.420. The average molecular weight is 523 g/mol. The van der Waals surface area contributed by atoms with Gasteiger partial charge in [0.2, 0.25) is 0 Å². The molecule has 6 nitrogen and oxygen atoms in total. The monoisotopic (exact) mass is 522 g/mol. The first-order valence-corrected chi connectivity index (χ1v) is 12.8. The summed E-state index contributed by atoms with van der Waals surface area (Å²) in [6.45, 7) is 3.69. The van der Waals surface area contributed by atoms with Crippen LogP contribution in [0.15, 0.2) is 54.6 Å². The van der Waals surface area contributed by atoms with Crippen molar-refractivity contribution in [2.75, 3.05) is 38.3 Å². The number of carbonyl (C=O) groups excluding carboxylic acids is 1. The number of rotatable bonds is 8. The number of anilines is 1. The molecule has 2 aliphatic heterocycles. The van der Waals surface area contributed by atoms with Crippen molar-refractivity contribution in [3.05, 3.63) is 82.9 Å². The minimum Gasteiger partial charge on any atom is -0.489 e. The van der Waals surface area contributed by atoms with Crippen molar-refractivity contribution in [3.8, 4) is 16.9 Å². The molecule has 3 aromatic carbocycles.